The average Bonchev–Trinajstić information content (AvgIpc) is 3.11. The standard InChI is InChI=1S/C19H30N4O3S/c1-3-20-19(23-18-11-14(18)2)21-12-15-6-8-17(9-7-15)27(24,25)22-13-16-5-4-10-26-16/h6-9,14,16,18,22H,3-5,10-13H2,1-2H3,(H2,20,21,23). The summed E-state index contributed by atoms with van der Waals surface area (Å²) < 4.78 is 32.9. The predicted molar refractivity (Wildman–Crippen MR) is 106 cm³/mol. The van der Waals surface area contributed by atoms with E-state index in [2.05, 4.69) is 27.3 Å². The van der Waals surface area contributed by atoms with E-state index < -0.39 is 10.0 Å². The number of hydrogen-bond acceptors (Lipinski definition) is 4. The number of ether oxygens (including phenoxy) is 1. The Morgan fingerprint density at radius 1 is 1.30 bits per heavy atom. The summed E-state index contributed by atoms with van der Waals surface area (Å²) in [6, 6.07) is 7.39. The molecule has 2 fully saturated rings. The number of rotatable bonds is 8. The molecule has 1 aliphatic carbocycles. The lowest BCUT2D eigenvalue weighted by Crippen LogP contribution is -2.39. The Morgan fingerprint density at radius 3 is 2.63 bits per heavy atom. The molecular weight excluding hydrogens is 364 g/mol. The fourth-order valence-corrected chi connectivity index (χ4v) is 4.12. The van der Waals surface area contributed by atoms with Crippen molar-refractivity contribution in [3.05, 3.63) is 29.8 Å². The Morgan fingerprint density at radius 2 is 2.04 bits per heavy atom. The van der Waals surface area contributed by atoms with Crippen LogP contribution in [-0.4, -0.2) is 46.2 Å². The Kier molecular flexibility index (Phi) is 6.73. The predicted octanol–water partition coefficient (Wildman–Crippen LogP) is 1.61. The van der Waals surface area contributed by atoms with Gasteiger partial charge in [0.15, 0.2) is 5.96 Å². The molecule has 0 amide bonds. The van der Waals surface area contributed by atoms with E-state index in [1.165, 1.54) is 6.42 Å². The minimum atomic E-state index is -3.51. The molecule has 0 spiro atoms. The maximum Gasteiger partial charge on any atom is 0.240 e. The lowest BCUT2D eigenvalue weighted by atomic mass is 10.2. The molecule has 3 rings (SSSR count). The van der Waals surface area contributed by atoms with Crippen molar-refractivity contribution in [1.82, 2.24) is 15.4 Å². The molecule has 3 N–H and O–H groups in total. The van der Waals surface area contributed by atoms with Gasteiger partial charge in [0.1, 0.15) is 0 Å². The second kappa shape index (κ2) is 9.03. The van der Waals surface area contributed by atoms with Gasteiger partial charge in [-0.25, -0.2) is 18.1 Å². The Labute approximate surface area is 162 Å². The summed E-state index contributed by atoms with van der Waals surface area (Å²) in [5, 5.41) is 6.66. The zero-order valence-electron chi connectivity index (χ0n) is 16.1. The normalized spacial score (nSPS) is 25.4. The van der Waals surface area contributed by atoms with Crippen LogP contribution in [0.15, 0.2) is 34.2 Å². The minimum absolute atomic E-state index is 0.0143. The zero-order valence-corrected chi connectivity index (χ0v) is 16.9. The van der Waals surface area contributed by atoms with E-state index >= 15 is 0 Å². The highest BCUT2D eigenvalue weighted by atomic mass is 32.2. The van der Waals surface area contributed by atoms with Crippen LogP contribution in [0.25, 0.3) is 0 Å². The largest absolute Gasteiger partial charge is 0.377 e. The lowest BCUT2D eigenvalue weighted by molar-refractivity contribution is 0.114. The van der Waals surface area contributed by atoms with E-state index in [0.29, 0.717) is 31.7 Å². The SMILES string of the molecule is CCNC(=NCc1ccc(S(=O)(=O)NCC2CCCO2)cc1)NC1CC1C. The molecule has 2 aliphatic rings. The summed E-state index contributed by atoms with van der Waals surface area (Å²) in [5.74, 6) is 1.50. The number of aliphatic imine (C=N–C) groups is 1. The number of guanidine groups is 1. The van der Waals surface area contributed by atoms with Gasteiger partial charge in [-0.3, -0.25) is 0 Å². The average molecular weight is 395 g/mol. The van der Waals surface area contributed by atoms with Gasteiger partial charge in [-0.15, -0.1) is 0 Å². The van der Waals surface area contributed by atoms with Gasteiger partial charge in [0, 0.05) is 25.7 Å². The first kappa shape index (κ1) is 20.1. The first-order valence-electron chi connectivity index (χ1n) is 9.73. The smallest absolute Gasteiger partial charge is 0.240 e. The quantitative estimate of drug-likeness (QED) is 0.460. The van der Waals surface area contributed by atoms with Gasteiger partial charge in [0.05, 0.1) is 17.5 Å². The van der Waals surface area contributed by atoms with Gasteiger partial charge in [0.2, 0.25) is 10.0 Å². The second-order valence-corrected chi connectivity index (χ2v) is 9.06. The van der Waals surface area contributed by atoms with E-state index in [-0.39, 0.29) is 11.0 Å². The Balaban J connectivity index is 1.55. The monoisotopic (exact) mass is 394 g/mol. The molecule has 8 heteroatoms. The molecule has 1 saturated heterocycles. The van der Waals surface area contributed by atoms with E-state index in [4.69, 9.17) is 4.74 Å². The molecule has 150 valence electrons. The molecule has 7 nitrogen and oxygen atoms in total. The molecule has 0 aromatic heterocycles. The third-order valence-electron chi connectivity index (χ3n) is 4.95. The topological polar surface area (TPSA) is 91.8 Å². The van der Waals surface area contributed by atoms with Crippen molar-refractivity contribution in [3.8, 4) is 0 Å². The van der Waals surface area contributed by atoms with Crippen molar-refractivity contribution in [2.24, 2.45) is 10.9 Å². The van der Waals surface area contributed by atoms with Crippen LogP contribution in [-0.2, 0) is 21.3 Å². The van der Waals surface area contributed by atoms with Crippen LogP contribution < -0.4 is 15.4 Å². The van der Waals surface area contributed by atoms with Crippen LogP contribution in [0, 0.1) is 5.92 Å². The maximum absolute atomic E-state index is 12.4. The molecule has 1 heterocycles. The number of sulfonamides is 1. The fourth-order valence-electron chi connectivity index (χ4n) is 3.05. The van der Waals surface area contributed by atoms with Crippen LogP contribution in [0.5, 0.6) is 0 Å². The van der Waals surface area contributed by atoms with Crippen LogP contribution in [0.3, 0.4) is 0 Å². The minimum Gasteiger partial charge on any atom is -0.377 e. The van der Waals surface area contributed by atoms with Crippen LogP contribution in [0.4, 0.5) is 0 Å². The molecule has 1 aliphatic heterocycles. The van der Waals surface area contributed by atoms with Crippen LogP contribution >= 0.6 is 0 Å². The molecule has 27 heavy (non-hydrogen) atoms. The van der Waals surface area contributed by atoms with Crippen molar-refractivity contribution in [1.29, 1.82) is 0 Å². The van der Waals surface area contributed by atoms with Gasteiger partial charge in [-0.2, -0.15) is 0 Å². The van der Waals surface area contributed by atoms with E-state index in [9.17, 15) is 8.42 Å². The van der Waals surface area contributed by atoms with Gasteiger partial charge in [-0.1, -0.05) is 19.1 Å². The van der Waals surface area contributed by atoms with Gasteiger partial charge < -0.3 is 15.4 Å². The highest BCUT2D eigenvalue weighted by Crippen LogP contribution is 2.28. The lowest BCUT2D eigenvalue weighted by Gasteiger charge is -2.12. The number of hydrogen-bond donors (Lipinski definition) is 3. The number of nitrogens with zero attached hydrogens (tertiary/aromatic N) is 1. The highest BCUT2D eigenvalue weighted by Gasteiger charge is 2.33. The first-order valence-corrected chi connectivity index (χ1v) is 11.2. The number of benzene rings is 1. The molecule has 3 unspecified atom stereocenters. The Bertz CT molecular complexity index is 743. The van der Waals surface area contributed by atoms with Crippen molar-refractivity contribution >= 4 is 16.0 Å². The van der Waals surface area contributed by atoms with Crippen LogP contribution in [0.2, 0.25) is 0 Å². The summed E-state index contributed by atoms with van der Waals surface area (Å²) in [6.45, 7) is 6.60. The molecule has 1 aromatic carbocycles. The molecule has 1 aromatic rings. The highest BCUT2D eigenvalue weighted by molar-refractivity contribution is 7.89. The maximum atomic E-state index is 12.4. The summed E-state index contributed by atoms with van der Waals surface area (Å²) in [7, 11) is -3.51. The molecule has 3 atom stereocenters. The number of nitrogens with one attached hydrogen (secondary N) is 3. The second-order valence-electron chi connectivity index (χ2n) is 7.29. The van der Waals surface area contributed by atoms with E-state index in [1.54, 1.807) is 12.1 Å². The first-order chi connectivity index (χ1) is 13.0. The van der Waals surface area contributed by atoms with Gasteiger partial charge >= 0.3 is 0 Å². The third kappa shape index (κ3) is 5.92. The van der Waals surface area contributed by atoms with Crippen molar-refractivity contribution in [2.75, 3.05) is 19.7 Å². The van der Waals surface area contributed by atoms with E-state index in [0.717, 1.165) is 30.9 Å². The summed E-state index contributed by atoms with van der Waals surface area (Å²) >= 11 is 0. The summed E-state index contributed by atoms with van der Waals surface area (Å²) in [5.41, 5.74) is 0.967. The van der Waals surface area contributed by atoms with Crippen LogP contribution in [0.1, 0.15) is 38.7 Å². The Hall–Kier alpha value is -1.64. The summed E-state index contributed by atoms with van der Waals surface area (Å²) in [4.78, 5) is 4.86. The van der Waals surface area contributed by atoms with E-state index in [1.807, 2.05) is 19.1 Å². The third-order valence-corrected chi connectivity index (χ3v) is 6.39. The molecule has 0 radical (unpaired) electrons. The van der Waals surface area contributed by atoms with Crippen molar-refractivity contribution in [3.63, 3.8) is 0 Å². The van der Waals surface area contributed by atoms with Gasteiger partial charge in [-0.05, 0) is 49.8 Å². The van der Waals surface area contributed by atoms with Gasteiger partial charge in [0.25, 0.3) is 0 Å². The fraction of sp³-hybridized carbons (Fsp3) is 0.632. The molecule has 1 saturated carbocycles. The van der Waals surface area contributed by atoms with Crippen molar-refractivity contribution < 1.29 is 13.2 Å². The summed E-state index contributed by atoms with van der Waals surface area (Å²) in [6.07, 6.45) is 3.06. The zero-order chi connectivity index (χ0) is 19.3. The van der Waals surface area contributed by atoms with Crippen molar-refractivity contribution in [2.45, 2.75) is 56.7 Å². The molecular formula is C19H30N4O3S. The molecule has 0 bridgehead atoms.